The van der Waals surface area contributed by atoms with Gasteiger partial charge in [-0.3, -0.25) is 4.79 Å². The molecule has 0 heterocycles. The molecule has 10 atom stereocenters. The molecule has 0 amide bonds. The van der Waals surface area contributed by atoms with Gasteiger partial charge in [-0.2, -0.15) is 0 Å². The lowest BCUT2D eigenvalue weighted by Gasteiger charge is -2.58. The highest BCUT2D eigenvalue weighted by molar-refractivity contribution is 6.08. The third-order valence-electron chi connectivity index (χ3n) is 12.7. The van der Waals surface area contributed by atoms with E-state index in [9.17, 15) is 10.0 Å². The molecule has 3 nitrogen and oxygen atoms in total. The minimum absolute atomic E-state index is 0.00514. The first-order chi connectivity index (χ1) is 15.5. The van der Waals surface area contributed by atoms with Crippen molar-refractivity contribution in [1.82, 2.24) is 0 Å². The molecule has 3 heteroatoms. The fraction of sp³-hybridized carbons (Fsp3) is 0.867. The van der Waals surface area contributed by atoms with E-state index in [1.807, 2.05) is 6.08 Å². The van der Waals surface area contributed by atoms with Gasteiger partial charge < -0.3 is 5.21 Å². The van der Waals surface area contributed by atoms with E-state index in [4.69, 9.17) is 0 Å². The van der Waals surface area contributed by atoms with Crippen LogP contribution < -0.4 is 0 Å². The van der Waals surface area contributed by atoms with Crippen LogP contribution in [-0.2, 0) is 4.79 Å². The summed E-state index contributed by atoms with van der Waals surface area (Å²) in [4.78, 5) is 12.2. The number of carbonyl (C=O) groups is 1. The topological polar surface area (TPSA) is 49.7 Å². The van der Waals surface area contributed by atoms with Crippen molar-refractivity contribution < 1.29 is 10.0 Å². The highest BCUT2D eigenvalue weighted by Crippen LogP contribution is 2.71. The van der Waals surface area contributed by atoms with Crippen LogP contribution in [0.1, 0.15) is 99.8 Å². The van der Waals surface area contributed by atoms with E-state index in [1.165, 1.54) is 32.1 Å². The molecule has 5 aliphatic rings. The Bertz CT molecular complexity index is 888. The summed E-state index contributed by atoms with van der Waals surface area (Å²) < 4.78 is 0. The Morgan fingerprint density at radius 3 is 2.39 bits per heavy atom. The molecule has 0 aromatic heterocycles. The zero-order valence-electron chi connectivity index (χ0n) is 22.2. The maximum Gasteiger partial charge on any atom is 0.156 e. The number of fused-ring (bicyclic) bond motifs is 5. The predicted molar refractivity (Wildman–Crippen MR) is 134 cm³/mol. The second-order valence-corrected chi connectivity index (χ2v) is 14.0. The Morgan fingerprint density at radius 2 is 1.73 bits per heavy atom. The summed E-state index contributed by atoms with van der Waals surface area (Å²) in [5.41, 5.74) is 2.82. The van der Waals surface area contributed by atoms with Crippen LogP contribution in [0.15, 0.2) is 16.8 Å². The summed E-state index contributed by atoms with van der Waals surface area (Å²) in [6.07, 6.45) is 11.0. The second kappa shape index (κ2) is 7.69. The smallest absolute Gasteiger partial charge is 0.156 e. The zero-order valence-corrected chi connectivity index (χ0v) is 22.2. The van der Waals surface area contributed by atoms with Crippen LogP contribution in [0, 0.1) is 63.6 Å². The van der Waals surface area contributed by atoms with Gasteiger partial charge in [-0.1, -0.05) is 53.6 Å². The van der Waals surface area contributed by atoms with Gasteiger partial charge in [0.25, 0.3) is 0 Å². The molecular weight excluding hydrogens is 406 g/mol. The van der Waals surface area contributed by atoms with Crippen LogP contribution in [0.3, 0.4) is 0 Å². The van der Waals surface area contributed by atoms with Crippen LogP contribution in [-0.4, -0.2) is 16.7 Å². The van der Waals surface area contributed by atoms with E-state index in [-0.39, 0.29) is 11.2 Å². The molecule has 0 aromatic rings. The number of oxime groups is 1. The van der Waals surface area contributed by atoms with Gasteiger partial charge in [0.1, 0.15) is 0 Å². The van der Waals surface area contributed by atoms with Crippen molar-refractivity contribution in [2.24, 2.45) is 68.7 Å². The molecule has 0 saturated heterocycles. The van der Waals surface area contributed by atoms with Crippen molar-refractivity contribution in [3.8, 4) is 0 Å². The maximum atomic E-state index is 12.2. The van der Waals surface area contributed by atoms with Crippen LogP contribution >= 0.6 is 0 Å². The number of rotatable bonds is 4. The van der Waals surface area contributed by atoms with Gasteiger partial charge in [0.15, 0.2) is 5.78 Å². The van der Waals surface area contributed by atoms with Gasteiger partial charge in [-0.25, -0.2) is 0 Å². The van der Waals surface area contributed by atoms with Crippen LogP contribution in [0.5, 0.6) is 0 Å². The van der Waals surface area contributed by atoms with Crippen LogP contribution in [0.2, 0.25) is 0 Å². The molecule has 0 aromatic carbocycles. The van der Waals surface area contributed by atoms with Crippen molar-refractivity contribution in [2.45, 2.75) is 99.8 Å². The summed E-state index contributed by atoms with van der Waals surface area (Å²) in [7, 11) is 0. The highest BCUT2D eigenvalue weighted by Gasteiger charge is 2.64. The summed E-state index contributed by atoms with van der Waals surface area (Å²) in [5.74, 6) is 6.22. The van der Waals surface area contributed by atoms with E-state index < -0.39 is 0 Å². The average molecular weight is 454 g/mol. The van der Waals surface area contributed by atoms with Gasteiger partial charge in [0, 0.05) is 6.42 Å². The van der Waals surface area contributed by atoms with E-state index >= 15 is 0 Å². The molecule has 0 radical (unpaired) electrons. The number of hydrogen-bond acceptors (Lipinski definition) is 3. The minimum Gasteiger partial charge on any atom is -0.411 e. The third kappa shape index (κ3) is 3.26. The third-order valence-corrected chi connectivity index (χ3v) is 12.7. The van der Waals surface area contributed by atoms with E-state index in [2.05, 4.69) is 53.6 Å². The predicted octanol–water partition coefficient (Wildman–Crippen LogP) is 7.53. The lowest BCUT2D eigenvalue weighted by Crippen LogP contribution is -2.53. The molecule has 0 spiro atoms. The Hall–Kier alpha value is -1.12. The average Bonchev–Trinajstić information content (AvgIpc) is 3.34. The minimum atomic E-state index is 0.00514. The lowest BCUT2D eigenvalue weighted by atomic mass is 9.46. The van der Waals surface area contributed by atoms with E-state index in [0.29, 0.717) is 29.1 Å². The normalized spacial score (nSPS) is 49.8. The fourth-order valence-corrected chi connectivity index (χ4v) is 10.2. The van der Waals surface area contributed by atoms with Gasteiger partial charge >= 0.3 is 0 Å². The SMILES string of the molecule is CC(C)[C@H](C)[C@@]1(C)C[C@@H]1[C@@H](C)[C@H]1CC[C@H]2[C@@H]3C/C(=N\O)C4=CC(=O)CC[C@]4(C)[C@H]3CC[C@]12C. The summed E-state index contributed by atoms with van der Waals surface area (Å²) in [6.45, 7) is 17.4. The molecule has 1 N–H and O–H groups in total. The largest absolute Gasteiger partial charge is 0.411 e. The molecule has 5 aliphatic carbocycles. The highest BCUT2D eigenvalue weighted by atomic mass is 16.4. The molecule has 4 fully saturated rings. The number of ketones is 1. The van der Waals surface area contributed by atoms with Crippen LogP contribution in [0.25, 0.3) is 0 Å². The quantitative estimate of drug-likeness (QED) is 0.353. The molecule has 33 heavy (non-hydrogen) atoms. The molecular formula is C30H47NO2. The number of hydrogen-bond donors (Lipinski definition) is 1. The second-order valence-electron chi connectivity index (χ2n) is 14.0. The Morgan fingerprint density at radius 1 is 1.00 bits per heavy atom. The first kappa shape index (κ1) is 23.6. The van der Waals surface area contributed by atoms with E-state index in [1.54, 1.807) is 0 Å². The first-order valence-corrected chi connectivity index (χ1v) is 13.9. The van der Waals surface area contributed by atoms with E-state index in [0.717, 1.165) is 59.6 Å². The summed E-state index contributed by atoms with van der Waals surface area (Å²) in [5, 5.41) is 13.7. The maximum absolute atomic E-state index is 12.2. The van der Waals surface area contributed by atoms with Crippen molar-refractivity contribution in [3.63, 3.8) is 0 Å². The van der Waals surface area contributed by atoms with Gasteiger partial charge in [-0.15, -0.1) is 0 Å². The Kier molecular flexibility index (Phi) is 5.50. The molecule has 0 bridgehead atoms. The van der Waals surface area contributed by atoms with Crippen molar-refractivity contribution >= 4 is 11.5 Å². The molecule has 5 rings (SSSR count). The van der Waals surface area contributed by atoms with Crippen molar-refractivity contribution in [1.29, 1.82) is 0 Å². The van der Waals surface area contributed by atoms with Gasteiger partial charge in [0.2, 0.25) is 0 Å². The van der Waals surface area contributed by atoms with Crippen molar-refractivity contribution in [2.75, 3.05) is 0 Å². The number of carbonyl (C=O) groups excluding carboxylic acids is 1. The monoisotopic (exact) mass is 453 g/mol. The zero-order chi connectivity index (χ0) is 23.9. The summed E-state index contributed by atoms with van der Waals surface area (Å²) in [6, 6.07) is 0. The summed E-state index contributed by atoms with van der Waals surface area (Å²) >= 11 is 0. The molecule has 4 saturated carbocycles. The fourth-order valence-electron chi connectivity index (χ4n) is 10.2. The standard InChI is InChI=1S/C30H47NO2/c1-17(2)19(4)30(7)16-26(30)18(3)22-8-9-23-21-15-27(31-33)25-14-20(32)10-12-29(25,6)24(21)11-13-28(22,23)5/h14,17-19,21-24,26,33H,8-13,15-16H2,1-7H3/b31-27+/t18-,19-,21-,22+,23-,24-,26+,28+,29+,30+/m0/s1. The number of nitrogens with zero attached hydrogens (tertiary/aromatic N) is 1. The van der Waals surface area contributed by atoms with Crippen LogP contribution in [0.4, 0.5) is 0 Å². The Balaban J connectivity index is 1.40. The van der Waals surface area contributed by atoms with Gasteiger partial charge in [-0.05, 0) is 120 Å². The first-order valence-electron chi connectivity index (χ1n) is 13.9. The lowest BCUT2D eigenvalue weighted by molar-refractivity contribution is -0.117. The molecule has 184 valence electrons. The number of allylic oxidation sites excluding steroid dienone is 1. The van der Waals surface area contributed by atoms with Gasteiger partial charge in [0.05, 0.1) is 5.71 Å². The van der Waals surface area contributed by atoms with Crippen molar-refractivity contribution in [3.05, 3.63) is 11.6 Å². The molecule has 0 unspecified atom stereocenters. The Labute approximate surface area is 201 Å². The molecule has 0 aliphatic heterocycles.